The van der Waals surface area contributed by atoms with Crippen LogP contribution in [0, 0.1) is 0 Å². The summed E-state index contributed by atoms with van der Waals surface area (Å²) in [5.74, 6) is 0.508. The van der Waals surface area contributed by atoms with Crippen LogP contribution >= 0.6 is 0 Å². The van der Waals surface area contributed by atoms with Gasteiger partial charge in [-0.25, -0.2) is 9.78 Å². The number of hydrogen-bond acceptors (Lipinski definition) is 6. The van der Waals surface area contributed by atoms with E-state index >= 15 is 0 Å². The van der Waals surface area contributed by atoms with Gasteiger partial charge in [-0.2, -0.15) is 0 Å². The van der Waals surface area contributed by atoms with Crippen LogP contribution in [0.1, 0.15) is 33.0 Å². The number of oxazole rings is 1. The number of pyridine rings is 1. The first-order chi connectivity index (χ1) is 15.1. The number of aryl methyl sites for hydroxylation is 1. The molecule has 0 amide bonds. The molecule has 0 bridgehead atoms. The van der Waals surface area contributed by atoms with Gasteiger partial charge in [0, 0.05) is 12.6 Å². The highest BCUT2D eigenvalue weighted by atomic mass is 16.5. The van der Waals surface area contributed by atoms with Crippen molar-refractivity contribution < 1.29 is 23.8 Å². The van der Waals surface area contributed by atoms with Gasteiger partial charge in [0.15, 0.2) is 5.76 Å². The Balaban J connectivity index is 1.34. The van der Waals surface area contributed by atoms with Crippen molar-refractivity contribution in [1.29, 1.82) is 0 Å². The average molecular weight is 414 g/mol. The molecule has 0 radical (unpaired) electrons. The molecule has 0 aliphatic rings. The number of hydrogen-bond donors (Lipinski definition) is 1. The van der Waals surface area contributed by atoms with Gasteiger partial charge in [-0.1, -0.05) is 30.3 Å². The Bertz CT molecular complexity index is 1180. The third-order valence-electron chi connectivity index (χ3n) is 4.55. The number of para-hydroxylation sites is 1. The molecule has 154 valence electrons. The van der Waals surface area contributed by atoms with E-state index in [9.17, 15) is 9.59 Å². The molecule has 31 heavy (non-hydrogen) atoms. The standard InChI is InChI=1S/C24H18N2O5/c27-21(23-26-15-22(31-23)20-12-9-17(14-25-20)24(28)29)13-8-16-6-10-19(11-7-16)30-18-4-2-1-3-5-18/h1-7,9-12,14-15H,8,13H2,(H,28,29). The highest BCUT2D eigenvalue weighted by Crippen LogP contribution is 2.22. The van der Waals surface area contributed by atoms with E-state index in [2.05, 4.69) is 9.97 Å². The van der Waals surface area contributed by atoms with Crippen molar-refractivity contribution in [2.24, 2.45) is 0 Å². The predicted molar refractivity (Wildman–Crippen MR) is 112 cm³/mol. The zero-order valence-corrected chi connectivity index (χ0v) is 16.4. The molecule has 0 unspecified atom stereocenters. The van der Waals surface area contributed by atoms with Crippen LogP contribution in [0.4, 0.5) is 0 Å². The van der Waals surface area contributed by atoms with Gasteiger partial charge >= 0.3 is 5.97 Å². The number of carbonyl (C=O) groups is 2. The summed E-state index contributed by atoms with van der Waals surface area (Å²) in [5.41, 5.74) is 1.47. The number of ketones is 1. The van der Waals surface area contributed by atoms with Gasteiger partial charge in [0.2, 0.25) is 5.78 Å². The van der Waals surface area contributed by atoms with Crippen LogP contribution in [0.15, 0.2) is 83.5 Å². The predicted octanol–water partition coefficient (Wildman–Crippen LogP) is 5.04. The molecule has 0 saturated carbocycles. The van der Waals surface area contributed by atoms with Gasteiger partial charge in [0.05, 0.1) is 11.8 Å². The van der Waals surface area contributed by atoms with Crippen molar-refractivity contribution in [1.82, 2.24) is 9.97 Å². The number of ether oxygens (including phenoxy) is 1. The Morgan fingerprint density at radius 1 is 0.871 bits per heavy atom. The Labute approximate surface area is 178 Å². The molecular formula is C24H18N2O5. The van der Waals surface area contributed by atoms with Crippen LogP contribution in [-0.2, 0) is 6.42 Å². The smallest absolute Gasteiger partial charge is 0.337 e. The minimum absolute atomic E-state index is 0.00291. The minimum Gasteiger partial charge on any atom is -0.478 e. The summed E-state index contributed by atoms with van der Waals surface area (Å²) >= 11 is 0. The number of benzene rings is 2. The molecule has 4 aromatic rings. The monoisotopic (exact) mass is 414 g/mol. The largest absolute Gasteiger partial charge is 0.478 e. The molecule has 0 atom stereocenters. The van der Waals surface area contributed by atoms with Gasteiger partial charge in [0.25, 0.3) is 5.89 Å². The molecular weight excluding hydrogens is 396 g/mol. The number of aromatic nitrogens is 2. The first kappa shape index (κ1) is 20.0. The van der Waals surface area contributed by atoms with Crippen LogP contribution in [0.2, 0.25) is 0 Å². The van der Waals surface area contributed by atoms with E-state index in [1.165, 1.54) is 24.5 Å². The van der Waals surface area contributed by atoms with Gasteiger partial charge in [0.1, 0.15) is 17.2 Å². The van der Waals surface area contributed by atoms with Crippen LogP contribution in [0.5, 0.6) is 11.5 Å². The van der Waals surface area contributed by atoms with Crippen molar-refractivity contribution in [3.63, 3.8) is 0 Å². The first-order valence-electron chi connectivity index (χ1n) is 9.59. The molecule has 4 rings (SSSR count). The van der Waals surface area contributed by atoms with Crippen molar-refractivity contribution in [2.75, 3.05) is 0 Å². The minimum atomic E-state index is -1.06. The molecule has 2 aromatic carbocycles. The fourth-order valence-corrected chi connectivity index (χ4v) is 2.90. The fourth-order valence-electron chi connectivity index (χ4n) is 2.90. The molecule has 0 aliphatic heterocycles. The summed E-state index contributed by atoms with van der Waals surface area (Å²) < 4.78 is 11.3. The molecule has 0 saturated heterocycles. The number of rotatable bonds is 8. The third kappa shape index (κ3) is 5.02. The number of nitrogens with zero attached hydrogens (tertiary/aromatic N) is 2. The van der Waals surface area contributed by atoms with Crippen molar-refractivity contribution in [3.05, 3.63) is 96.1 Å². The van der Waals surface area contributed by atoms with Gasteiger partial charge < -0.3 is 14.3 Å². The topological polar surface area (TPSA) is 103 Å². The van der Waals surface area contributed by atoms with Crippen LogP contribution in [0.25, 0.3) is 11.5 Å². The van der Waals surface area contributed by atoms with Crippen LogP contribution in [0.3, 0.4) is 0 Å². The van der Waals surface area contributed by atoms with Crippen molar-refractivity contribution in [2.45, 2.75) is 12.8 Å². The van der Waals surface area contributed by atoms with E-state index in [1.807, 2.05) is 54.6 Å². The third-order valence-corrected chi connectivity index (χ3v) is 4.55. The maximum absolute atomic E-state index is 12.4. The second kappa shape index (κ2) is 9.04. The molecule has 0 aliphatic carbocycles. The van der Waals surface area contributed by atoms with E-state index in [4.69, 9.17) is 14.3 Å². The molecule has 2 aromatic heterocycles. The number of aromatic carboxylic acids is 1. The summed E-state index contributed by atoms with van der Waals surface area (Å²) in [5, 5.41) is 8.93. The summed E-state index contributed by atoms with van der Waals surface area (Å²) in [6.45, 7) is 0. The van der Waals surface area contributed by atoms with Crippen LogP contribution in [-0.4, -0.2) is 26.8 Å². The van der Waals surface area contributed by atoms with E-state index in [0.29, 0.717) is 17.9 Å². The van der Waals surface area contributed by atoms with E-state index in [-0.39, 0.29) is 23.7 Å². The first-order valence-corrected chi connectivity index (χ1v) is 9.59. The van der Waals surface area contributed by atoms with Gasteiger partial charge in [-0.3, -0.25) is 9.78 Å². The van der Waals surface area contributed by atoms with Gasteiger partial charge in [-0.15, -0.1) is 0 Å². The second-order valence-corrected chi connectivity index (χ2v) is 6.75. The zero-order valence-electron chi connectivity index (χ0n) is 16.4. The molecule has 7 nitrogen and oxygen atoms in total. The Hall–Kier alpha value is -4.26. The van der Waals surface area contributed by atoms with Crippen molar-refractivity contribution in [3.8, 4) is 23.0 Å². The number of carboxylic acid groups (broad SMARTS) is 1. The lowest BCUT2D eigenvalue weighted by molar-refractivity contribution is 0.0696. The molecule has 7 heteroatoms. The maximum Gasteiger partial charge on any atom is 0.337 e. The SMILES string of the molecule is O=C(O)c1ccc(-c2cnc(C(=O)CCc3ccc(Oc4ccccc4)cc3)o2)nc1. The average Bonchev–Trinajstić information content (AvgIpc) is 3.30. The Kier molecular flexibility index (Phi) is 5.84. The molecule has 1 N–H and O–H groups in total. The zero-order chi connectivity index (χ0) is 21.6. The number of carbonyl (C=O) groups excluding carboxylic acids is 1. The summed E-state index contributed by atoms with van der Waals surface area (Å²) in [4.78, 5) is 31.4. The maximum atomic E-state index is 12.4. The number of Topliss-reactive ketones (excluding diaryl/α,β-unsaturated/α-hetero) is 1. The Morgan fingerprint density at radius 3 is 2.29 bits per heavy atom. The fraction of sp³-hybridized carbons (Fsp3) is 0.0833. The normalized spacial score (nSPS) is 10.6. The summed E-state index contributed by atoms with van der Waals surface area (Å²) in [6.07, 6.45) is 3.41. The Morgan fingerprint density at radius 2 is 1.61 bits per heavy atom. The lowest BCUT2D eigenvalue weighted by Gasteiger charge is -2.06. The molecule has 0 spiro atoms. The highest BCUT2D eigenvalue weighted by Gasteiger charge is 2.15. The van der Waals surface area contributed by atoms with E-state index in [0.717, 1.165) is 17.1 Å². The number of carboxylic acids is 1. The highest BCUT2D eigenvalue weighted by molar-refractivity contribution is 5.92. The molecule has 0 fully saturated rings. The second-order valence-electron chi connectivity index (χ2n) is 6.75. The van der Waals surface area contributed by atoms with E-state index in [1.54, 1.807) is 0 Å². The van der Waals surface area contributed by atoms with Crippen LogP contribution < -0.4 is 4.74 Å². The van der Waals surface area contributed by atoms with E-state index < -0.39 is 5.97 Å². The van der Waals surface area contributed by atoms with Gasteiger partial charge in [-0.05, 0) is 48.4 Å². The summed E-state index contributed by atoms with van der Waals surface area (Å²) in [7, 11) is 0. The quantitative estimate of drug-likeness (QED) is 0.403. The molecule has 2 heterocycles. The lowest BCUT2D eigenvalue weighted by Crippen LogP contribution is -2.01. The lowest BCUT2D eigenvalue weighted by atomic mass is 10.1. The van der Waals surface area contributed by atoms with Crippen molar-refractivity contribution >= 4 is 11.8 Å². The summed E-state index contributed by atoms with van der Waals surface area (Å²) in [6, 6.07) is 20.0.